The summed E-state index contributed by atoms with van der Waals surface area (Å²) in [6.07, 6.45) is -0.839. The first-order valence-corrected chi connectivity index (χ1v) is 7.31. The maximum absolute atomic E-state index is 12.0. The number of hydrogen-bond donors (Lipinski definition) is 1. The number of alkyl halides is 2. The molecule has 4 nitrogen and oxygen atoms in total. The minimum Gasteiger partial charge on any atom is -0.391 e. The molecule has 0 saturated carbocycles. The van der Waals surface area contributed by atoms with Crippen molar-refractivity contribution in [3.63, 3.8) is 0 Å². The molecule has 0 aliphatic carbocycles. The van der Waals surface area contributed by atoms with Gasteiger partial charge in [0.25, 0.3) is 10.0 Å². The molecular weight excluding hydrogens is 252 g/mol. The lowest BCUT2D eigenvalue weighted by Crippen LogP contribution is -2.34. The first-order chi connectivity index (χ1) is 7.85. The van der Waals surface area contributed by atoms with Gasteiger partial charge >= 0.3 is 5.76 Å². The van der Waals surface area contributed by atoms with Crippen molar-refractivity contribution in [1.29, 1.82) is 0 Å². The van der Waals surface area contributed by atoms with Gasteiger partial charge in [0.05, 0.1) is 6.10 Å². The molecule has 1 aliphatic heterocycles. The third kappa shape index (κ3) is 5.27. The van der Waals surface area contributed by atoms with E-state index in [0.29, 0.717) is 4.31 Å². The molecule has 0 bridgehead atoms. The van der Waals surface area contributed by atoms with Gasteiger partial charge in [-0.2, -0.15) is 13.1 Å². The summed E-state index contributed by atoms with van der Waals surface area (Å²) < 4.78 is 46.4. The third-order valence-electron chi connectivity index (χ3n) is 2.12. The summed E-state index contributed by atoms with van der Waals surface area (Å²) in [6, 6.07) is 0. The van der Waals surface area contributed by atoms with Gasteiger partial charge in [-0.05, 0) is 5.92 Å². The zero-order valence-electron chi connectivity index (χ0n) is 11.0. The van der Waals surface area contributed by atoms with Crippen molar-refractivity contribution in [3.8, 4) is 0 Å². The third-order valence-corrected chi connectivity index (χ3v) is 3.59. The van der Waals surface area contributed by atoms with Gasteiger partial charge in [0.15, 0.2) is 0 Å². The Balaban J connectivity index is 0. The highest BCUT2D eigenvalue weighted by Crippen LogP contribution is 2.22. The fraction of sp³-hybridized carbons (Fsp3) is 1.00. The topological polar surface area (TPSA) is 57.6 Å². The number of β-amino-alcohol motifs (C(OH)–C–C–N with tert-alkyl or cyclic N) is 1. The lowest BCUT2D eigenvalue weighted by Gasteiger charge is -2.14. The summed E-state index contributed by atoms with van der Waals surface area (Å²) in [5.74, 6) is -3.68. The summed E-state index contributed by atoms with van der Waals surface area (Å²) in [7, 11) is -4.50. The SMILES string of the molecule is CC.CC.CC1CN(S(=O)(=O)C(F)F)CC1O. The van der Waals surface area contributed by atoms with Crippen molar-refractivity contribution in [3.05, 3.63) is 0 Å². The summed E-state index contributed by atoms with van der Waals surface area (Å²) in [4.78, 5) is 0. The first kappa shape index (κ1) is 19.1. The van der Waals surface area contributed by atoms with Gasteiger partial charge in [-0.25, -0.2) is 8.42 Å². The normalized spacial score (nSPS) is 24.8. The molecule has 1 fully saturated rings. The zero-order chi connectivity index (χ0) is 14.2. The second kappa shape index (κ2) is 8.77. The molecule has 2 atom stereocenters. The van der Waals surface area contributed by atoms with Crippen LogP contribution >= 0.6 is 0 Å². The highest BCUT2D eigenvalue weighted by molar-refractivity contribution is 7.89. The zero-order valence-corrected chi connectivity index (χ0v) is 11.8. The molecule has 0 aromatic heterocycles. The van der Waals surface area contributed by atoms with E-state index in [1.165, 1.54) is 0 Å². The molecule has 106 valence electrons. The number of hydrogen-bond acceptors (Lipinski definition) is 3. The minimum atomic E-state index is -4.50. The maximum atomic E-state index is 12.0. The highest BCUT2D eigenvalue weighted by Gasteiger charge is 2.39. The van der Waals surface area contributed by atoms with E-state index in [-0.39, 0.29) is 19.0 Å². The molecule has 0 spiro atoms. The van der Waals surface area contributed by atoms with Crippen LogP contribution < -0.4 is 0 Å². The molecule has 2 unspecified atom stereocenters. The van der Waals surface area contributed by atoms with Gasteiger partial charge in [-0.1, -0.05) is 34.6 Å². The Kier molecular flexibility index (Phi) is 9.84. The molecule has 1 N–H and O–H groups in total. The minimum absolute atomic E-state index is 0.0339. The molecule has 7 heteroatoms. The van der Waals surface area contributed by atoms with Crippen LogP contribution in [0.5, 0.6) is 0 Å². The number of sulfonamides is 1. The number of rotatable bonds is 2. The van der Waals surface area contributed by atoms with Gasteiger partial charge in [0.2, 0.25) is 0 Å². The molecule has 0 aromatic rings. The van der Waals surface area contributed by atoms with Crippen LogP contribution in [-0.4, -0.2) is 42.8 Å². The van der Waals surface area contributed by atoms with E-state index in [9.17, 15) is 17.2 Å². The van der Waals surface area contributed by atoms with Gasteiger partial charge in [0.1, 0.15) is 0 Å². The molecule has 1 aliphatic rings. The number of aliphatic hydroxyl groups is 1. The Morgan fingerprint density at radius 2 is 1.59 bits per heavy atom. The van der Waals surface area contributed by atoms with Crippen molar-refractivity contribution in [2.75, 3.05) is 13.1 Å². The molecule has 17 heavy (non-hydrogen) atoms. The average Bonchev–Trinajstić information content (AvgIpc) is 2.65. The van der Waals surface area contributed by atoms with Gasteiger partial charge in [-0.3, -0.25) is 0 Å². The highest BCUT2D eigenvalue weighted by atomic mass is 32.2. The molecule has 1 heterocycles. The quantitative estimate of drug-likeness (QED) is 0.837. The van der Waals surface area contributed by atoms with Crippen LogP contribution in [0.1, 0.15) is 34.6 Å². The van der Waals surface area contributed by atoms with Gasteiger partial charge in [0, 0.05) is 13.1 Å². The van der Waals surface area contributed by atoms with Crippen molar-refractivity contribution >= 4 is 10.0 Å². The van der Waals surface area contributed by atoms with Crippen LogP contribution in [-0.2, 0) is 10.0 Å². The van der Waals surface area contributed by atoms with Gasteiger partial charge in [-0.15, -0.1) is 0 Å². The van der Waals surface area contributed by atoms with E-state index in [0.717, 1.165) is 0 Å². The smallest absolute Gasteiger partial charge is 0.350 e. The molecule has 0 radical (unpaired) electrons. The molecule has 1 saturated heterocycles. The van der Waals surface area contributed by atoms with Crippen LogP contribution in [0.2, 0.25) is 0 Å². The molecular formula is C10H23F2NO3S. The number of halogens is 2. The van der Waals surface area contributed by atoms with Crippen molar-refractivity contribution in [2.45, 2.75) is 46.5 Å². The standard InChI is InChI=1S/C6H11F2NO3S.2C2H6/c1-4-2-9(3-5(4)10)13(11,12)6(7)8;2*1-2/h4-6,10H,2-3H2,1H3;2*1-2H3. The summed E-state index contributed by atoms with van der Waals surface area (Å²) in [5, 5.41) is 9.16. The van der Waals surface area contributed by atoms with Crippen LogP contribution in [0.3, 0.4) is 0 Å². The lowest BCUT2D eigenvalue weighted by atomic mass is 10.1. The molecule has 0 amide bonds. The second-order valence-electron chi connectivity index (χ2n) is 3.17. The Labute approximate surface area is 103 Å². The fourth-order valence-corrected chi connectivity index (χ4v) is 2.26. The fourth-order valence-electron chi connectivity index (χ4n) is 1.23. The number of aliphatic hydroxyl groups excluding tert-OH is 1. The van der Waals surface area contributed by atoms with Crippen molar-refractivity contribution in [2.24, 2.45) is 5.92 Å². The van der Waals surface area contributed by atoms with E-state index in [2.05, 4.69) is 0 Å². The Morgan fingerprint density at radius 1 is 1.18 bits per heavy atom. The molecule has 0 aromatic carbocycles. The van der Waals surface area contributed by atoms with E-state index < -0.39 is 21.9 Å². The Hall–Kier alpha value is -0.270. The van der Waals surface area contributed by atoms with E-state index in [1.807, 2.05) is 27.7 Å². The molecule has 1 rings (SSSR count). The van der Waals surface area contributed by atoms with E-state index in [1.54, 1.807) is 6.92 Å². The summed E-state index contributed by atoms with van der Waals surface area (Å²) >= 11 is 0. The largest absolute Gasteiger partial charge is 0.391 e. The van der Waals surface area contributed by atoms with Crippen molar-refractivity contribution < 1.29 is 22.3 Å². The predicted molar refractivity (Wildman–Crippen MR) is 64.4 cm³/mol. The van der Waals surface area contributed by atoms with Crippen LogP contribution in [0.25, 0.3) is 0 Å². The predicted octanol–water partition coefficient (Wildman–Crippen LogP) is 1.90. The van der Waals surface area contributed by atoms with E-state index in [4.69, 9.17) is 5.11 Å². The average molecular weight is 275 g/mol. The monoisotopic (exact) mass is 275 g/mol. The first-order valence-electron chi connectivity index (χ1n) is 5.81. The van der Waals surface area contributed by atoms with Crippen LogP contribution in [0.4, 0.5) is 8.78 Å². The van der Waals surface area contributed by atoms with Gasteiger partial charge < -0.3 is 5.11 Å². The number of nitrogens with zero attached hydrogens (tertiary/aromatic N) is 1. The van der Waals surface area contributed by atoms with E-state index >= 15 is 0 Å². The lowest BCUT2D eigenvalue weighted by molar-refractivity contribution is 0.152. The van der Waals surface area contributed by atoms with Crippen molar-refractivity contribution in [1.82, 2.24) is 4.31 Å². The second-order valence-corrected chi connectivity index (χ2v) is 5.07. The van der Waals surface area contributed by atoms with Crippen LogP contribution in [0, 0.1) is 5.92 Å². The maximum Gasteiger partial charge on any atom is 0.350 e. The summed E-state index contributed by atoms with van der Waals surface area (Å²) in [6.45, 7) is 9.35. The summed E-state index contributed by atoms with van der Waals surface area (Å²) in [5.41, 5.74) is 0. The Morgan fingerprint density at radius 3 is 1.82 bits per heavy atom. The van der Waals surface area contributed by atoms with Crippen LogP contribution in [0.15, 0.2) is 0 Å². The Bertz CT molecular complexity index is 273.